The van der Waals surface area contributed by atoms with Gasteiger partial charge in [-0.2, -0.15) is 0 Å². The van der Waals surface area contributed by atoms with E-state index in [0.29, 0.717) is 6.54 Å². The van der Waals surface area contributed by atoms with Crippen molar-refractivity contribution in [3.63, 3.8) is 0 Å². The molecule has 1 aliphatic carbocycles. The van der Waals surface area contributed by atoms with E-state index in [0.717, 1.165) is 36.1 Å². The summed E-state index contributed by atoms with van der Waals surface area (Å²) in [6, 6.07) is 4.41. The van der Waals surface area contributed by atoms with Crippen molar-refractivity contribution in [2.24, 2.45) is 0 Å². The molecule has 1 N–H and O–H groups in total. The molecule has 0 radical (unpaired) electrons. The molecule has 116 valence electrons. The fraction of sp³-hybridized carbons (Fsp3) is 0.588. The predicted molar refractivity (Wildman–Crippen MR) is 82.6 cm³/mol. The summed E-state index contributed by atoms with van der Waals surface area (Å²) in [7, 11) is 0. The van der Waals surface area contributed by atoms with Crippen molar-refractivity contribution in [1.82, 2.24) is 4.90 Å². The van der Waals surface area contributed by atoms with E-state index in [1.165, 1.54) is 5.56 Å². The van der Waals surface area contributed by atoms with Gasteiger partial charge >= 0.3 is 0 Å². The summed E-state index contributed by atoms with van der Waals surface area (Å²) in [6.45, 7) is 6.49. The fourth-order valence-electron chi connectivity index (χ4n) is 2.93. The quantitative estimate of drug-likeness (QED) is 0.875. The largest absolute Gasteiger partial charge is 0.483 e. The number of benzene rings is 1. The summed E-state index contributed by atoms with van der Waals surface area (Å²) in [6.07, 6.45) is 3.24. The van der Waals surface area contributed by atoms with Gasteiger partial charge in [0.1, 0.15) is 5.75 Å². The number of hydrogen-bond acceptors (Lipinski definition) is 3. The van der Waals surface area contributed by atoms with Crippen molar-refractivity contribution in [1.29, 1.82) is 0 Å². The van der Waals surface area contributed by atoms with Crippen LogP contribution >= 0.6 is 0 Å². The average Bonchev–Trinajstić information content (AvgIpc) is 2.34. The fourth-order valence-corrected chi connectivity index (χ4v) is 2.93. The molecule has 0 bridgehead atoms. The zero-order valence-electron chi connectivity index (χ0n) is 13.2. The maximum Gasteiger partial charge on any atom is 0.260 e. The van der Waals surface area contributed by atoms with E-state index in [9.17, 15) is 4.79 Å². The van der Waals surface area contributed by atoms with Gasteiger partial charge in [0.05, 0.1) is 6.61 Å². The zero-order valence-corrected chi connectivity index (χ0v) is 13.2. The van der Waals surface area contributed by atoms with Crippen LogP contribution in [-0.4, -0.2) is 41.7 Å². The number of hydrogen-bond donors (Lipinski definition) is 1. The summed E-state index contributed by atoms with van der Waals surface area (Å²) in [4.78, 5) is 14.1. The molecule has 0 aliphatic heterocycles. The van der Waals surface area contributed by atoms with Crippen molar-refractivity contribution in [3.8, 4) is 5.75 Å². The van der Waals surface area contributed by atoms with Gasteiger partial charge in [-0.15, -0.1) is 0 Å². The van der Waals surface area contributed by atoms with Crippen molar-refractivity contribution < 1.29 is 14.6 Å². The Kier molecular flexibility index (Phi) is 5.23. The van der Waals surface area contributed by atoms with E-state index in [1.54, 1.807) is 4.90 Å². The molecule has 0 unspecified atom stereocenters. The van der Waals surface area contributed by atoms with Gasteiger partial charge in [0, 0.05) is 12.6 Å². The van der Waals surface area contributed by atoms with Crippen LogP contribution in [0.5, 0.6) is 5.75 Å². The summed E-state index contributed by atoms with van der Waals surface area (Å²) in [5.41, 5.74) is 3.30. The molecule has 1 saturated carbocycles. The Morgan fingerprint density at radius 2 is 1.90 bits per heavy atom. The van der Waals surface area contributed by atoms with Crippen LogP contribution in [0.2, 0.25) is 0 Å². The summed E-state index contributed by atoms with van der Waals surface area (Å²) in [5, 5.41) is 9.12. The molecule has 0 aromatic heterocycles. The SMILES string of the molecule is Cc1cc(C)c(OCC(=O)N(CCO)C2CCC2)c(C)c1. The first-order valence-corrected chi connectivity index (χ1v) is 7.64. The van der Waals surface area contributed by atoms with Crippen LogP contribution in [0, 0.1) is 20.8 Å². The molecule has 1 aliphatic rings. The summed E-state index contributed by atoms with van der Waals surface area (Å²) >= 11 is 0. The molecule has 0 spiro atoms. The summed E-state index contributed by atoms with van der Waals surface area (Å²) in [5.74, 6) is 0.764. The first-order valence-electron chi connectivity index (χ1n) is 7.64. The van der Waals surface area contributed by atoms with E-state index in [-0.39, 0.29) is 25.2 Å². The van der Waals surface area contributed by atoms with Crippen LogP contribution in [0.4, 0.5) is 0 Å². The molecule has 1 aromatic carbocycles. The number of ether oxygens (including phenoxy) is 1. The number of rotatable bonds is 6. The Morgan fingerprint density at radius 3 is 2.38 bits per heavy atom. The third-order valence-corrected chi connectivity index (χ3v) is 4.12. The first-order chi connectivity index (χ1) is 10.0. The van der Waals surface area contributed by atoms with Crippen molar-refractivity contribution >= 4 is 5.91 Å². The highest BCUT2D eigenvalue weighted by molar-refractivity contribution is 5.78. The van der Waals surface area contributed by atoms with Gasteiger partial charge in [-0.05, 0) is 51.2 Å². The minimum Gasteiger partial charge on any atom is -0.483 e. The number of aliphatic hydroxyl groups excluding tert-OH is 1. The van der Waals surface area contributed by atoms with Crippen molar-refractivity contribution in [3.05, 3.63) is 28.8 Å². The monoisotopic (exact) mass is 291 g/mol. The molecule has 4 heteroatoms. The van der Waals surface area contributed by atoms with E-state index < -0.39 is 0 Å². The first kappa shape index (κ1) is 15.8. The Balaban J connectivity index is 1.99. The van der Waals surface area contributed by atoms with Crippen LogP contribution in [0.1, 0.15) is 36.0 Å². The van der Waals surface area contributed by atoms with E-state index in [2.05, 4.69) is 19.1 Å². The minimum atomic E-state index is -0.0341. The number of amides is 1. The molecule has 2 rings (SSSR count). The predicted octanol–water partition coefficient (Wildman–Crippen LogP) is 2.36. The van der Waals surface area contributed by atoms with E-state index in [1.807, 2.05) is 13.8 Å². The number of aliphatic hydroxyl groups is 1. The van der Waals surface area contributed by atoms with E-state index in [4.69, 9.17) is 9.84 Å². The molecular formula is C17H25NO3. The second-order valence-electron chi connectivity index (χ2n) is 5.91. The smallest absolute Gasteiger partial charge is 0.260 e. The van der Waals surface area contributed by atoms with Gasteiger partial charge in [0.25, 0.3) is 5.91 Å². The zero-order chi connectivity index (χ0) is 15.4. The van der Waals surface area contributed by atoms with Gasteiger partial charge in [-0.25, -0.2) is 0 Å². The summed E-state index contributed by atoms with van der Waals surface area (Å²) < 4.78 is 5.76. The normalized spacial score (nSPS) is 14.7. The van der Waals surface area contributed by atoms with Gasteiger partial charge in [0.15, 0.2) is 6.61 Å². The Labute approximate surface area is 126 Å². The maximum atomic E-state index is 12.3. The third-order valence-electron chi connectivity index (χ3n) is 4.12. The van der Waals surface area contributed by atoms with Crippen LogP contribution in [-0.2, 0) is 4.79 Å². The van der Waals surface area contributed by atoms with Gasteiger partial charge in [0.2, 0.25) is 0 Å². The molecule has 1 amide bonds. The highest BCUT2D eigenvalue weighted by atomic mass is 16.5. The lowest BCUT2D eigenvalue weighted by molar-refractivity contribution is -0.138. The lowest BCUT2D eigenvalue weighted by atomic mass is 9.91. The van der Waals surface area contributed by atoms with Gasteiger partial charge in [-0.1, -0.05) is 17.7 Å². The highest BCUT2D eigenvalue weighted by Gasteiger charge is 2.28. The molecular weight excluding hydrogens is 266 g/mol. The second-order valence-corrected chi connectivity index (χ2v) is 5.91. The number of nitrogens with zero attached hydrogens (tertiary/aromatic N) is 1. The Hall–Kier alpha value is -1.55. The molecule has 0 atom stereocenters. The second kappa shape index (κ2) is 6.94. The van der Waals surface area contributed by atoms with E-state index >= 15 is 0 Å². The lowest BCUT2D eigenvalue weighted by Crippen LogP contribution is -2.47. The van der Waals surface area contributed by atoms with Crippen LogP contribution in [0.25, 0.3) is 0 Å². The average molecular weight is 291 g/mol. The number of carbonyl (C=O) groups excluding carboxylic acids is 1. The van der Waals surface area contributed by atoms with Crippen molar-refractivity contribution in [2.45, 2.75) is 46.1 Å². The number of carbonyl (C=O) groups is 1. The molecule has 0 heterocycles. The van der Waals surface area contributed by atoms with Crippen LogP contribution in [0.15, 0.2) is 12.1 Å². The third kappa shape index (κ3) is 3.76. The van der Waals surface area contributed by atoms with Crippen molar-refractivity contribution in [2.75, 3.05) is 19.8 Å². The topological polar surface area (TPSA) is 49.8 Å². The van der Waals surface area contributed by atoms with Crippen LogP contribution < -0.4 is 4.74 Å². The van der Waals surface area contributed by atoms with Gasteiger partial charge < -0.3 is 14.7 Å². The van der Waals surface area contributed by atoms with Gasteiger partial charge in [-0.3, -0.25) is 4.79 Å². The molecule has 0 saturated heterocycles. The molecule has 1 aromatic rings. The molecule has 21 heavy (non-hydrogen) atoms. The molecule has 1 fully saturated rings. The maximum absolute atomic E-state index is 12.3. The Morgan fingerprint density at radius 1 is 1.29 bits per heavy atom. The minimum absolute atomic E-state index is 0.00479. The van der Waals surface area contributed by atoms with Crippen LogP contribution in [0.3, 0.4) is 0 Å². The number of aryl methyl sites for hydroxylation is 3. The lowest BCUT2D eigenvalue weighted by Gasteiger charge is -2.37. The Bertz CT molecular complexity index is 486. The highest BCUT2D eigenvalue weighted by Crippen LogP contribution is 2.26. The molecule has 4 nitrogen and oxygen atoms in total. The standard InChI is InChI=1S/C17H25NO3/c1-12-9-13(2)17(14(3)10-12)21-11-16(20)18(7-8-19)15-5-4-6-15/h9-10,15,19H,4-8,11H2,1-3H3.